The van der Waals surface area contributed by atoms with E-state index in [2.05, 4.69) is 6.07 Å². The molecule has 18 heavy (non-hydrogen) atoms. The van der Waals surface area contributed by atoms with E-state index in [1.807, 2.05) is 60.7 Å². The number of ether oxygens (including phenoxy) is 1. The van der Waals surface area contributed by atoms with Gasteiger partial charge in [-0.05, 0) is 42.5 Å². The molecule has 0 aliphatic heterocycles. The first-order chi connectivity index (χ1) is 8.93. The molecule has 87 valence electrons. The third kappa shape index (κ3) is 2.13. The fraction of sp³-hybridized carbons (Fsp3) is 0. The van der Waals surface area contributed by atoms with Gasteiger partial charge in [-0.1, -0.05) is 24.3 Å². The average molecular weight is 235 g/mol. The van der Waals surface area contributed by atoms with Crippen LogP contribution in [-0.2, 0) is 0 Å². The van der Waals surface area contributed by atoms with Gasteiger partial charge < -0.3 is 9.15 Å². The van der Waals surface area contributed by atoms with Gasteiger partial charge in [-0.2, -0.15) is 0 Å². The first-order valence-corrected chi connectivity index (χ1v) is 5.70. The lowest BCUT2D eigenvalue weighted by atomic mass is 10.1. The average Bonchev–Trinajstić information content (AvgIpc) is 2.94. The molecule has 2 nitrogen and oxygen atoms in total. The van der Waals surface area contributed by atoms with Crippen molar-refractivity contribution in [3.63, 3.8) is 0 Å². The molecule has 0 aliphatic carbocycles. The summed E-state index contributed by atoms with van der Waals surface area (Å²) in [5.74, 6) is 2.34. The van der Waals surface area contributed by atoms with Crippen LogP contribution in [0, 0.1) is 6.07 Å². The molecule has 2 aromatic carbocycles. The minimum atomic E-state index is 0.759. The summed E-state index contributed by atoms with van der Waals surface area (Å²) >= 11 is 0. The topological polar surface area (TPSA) is 22.4 Å². The summed E-state index contributed by atoms with van der Waals surface area (Å²) in [4.78, 5) is 0. The van der Waals surface area contributed by atoms with Crippen LogP contribution in [0.25, 0.3) is 11.3 Å². The van der Waals surface area contributed by atoms with Crippen LogP contribution in [0.4, 0.5) is 0 Å². The third-order valence-corrected chi connectivity index (χ3v) is 2.58. The van der Waals surface area contributed by atoms with Crippen molar-refractivity contribution in [3.05, 3.63) is 73.0 Å². The van der Waals surface area contributed by atoms with Crippen molar-refractivity contribution >= 4 is 0 Å². The van der Waals surface area contributed by atoms with Gasteiger partial charge in [0.1, 0.15) is 17.3 Å². The Bertz CT molecular complexity index is 613. The molecule has 0 N–H and O–H groups in total. The highest BCUT2D eigenvalue weighted by Gasteiger charge is 2.08. The molecule has 0 spiro atoms. The molecule has 3 aromatic rings. The number of benzene rings is 2. The molecular weight excluding hydrogens is 224 g/mol. The molecule has 0 amide bonds. The van der Waals surface area contributed by atoms with E-state index in [1.165, 1.54) is 0 Å². The zero-order valence-electron chi connectivity index (χ0n) is 9.67. The largest absolute Gasteiger partial charge is 0.464 e. The predicted octanol–water partition coefficient (Wildman–Crippen LogP) is 4.54. The van der Waals surface area contributed by atoms with Crippen LogP contribution in [0.15, 0.2) is 71.3 Å². The van der Waals surface area contributed by atoms with Gasteiger partial charge in [-0.3, -0.25) is 0 Å². The van der Waals surface area contributed by atoms with Crippen LogP contribution in [0.3, 0.4) is 0 Å². The summed E-state index contributed by atoms with van der Waals surface area (Å²) in [5.41, 5.74) is 0.895. The summed E-state index contributed by atoms with van der Waals surface area (Å²) in [6.45, 7) is 0. The maximum Gasteiger partial charge on any atom is 0.138 e. The molecule has 2 heteroatoms. The van der Waals surface area contributed by atoms with Gasteiger partial charge in [0.25, 0.3) is 0 Å². The lowest BCUT2D eigenvalue weighted by Crippen LogP contribution is -1.86. The van der Waals surface area contributed by atoms with E-state index in [-0.39, 0.29) is 0 Å². The van der Waals surface area contributed by atoms with Crippen molar-refractivity contribution in [2.75, 3.05) is 0 Å². The number of rotatable bonds is 3. The van der Waals surface area contributed by atoms with Gasteiger partial charge in [0.05, 0.1) is 11.8 Å². The number of hydrogen-bond donors (Lipinski definition) is 0. The van der Waals surface area contributed by atoms with Crippen LogP contribution in [-0.4, -0.2) is 0 Å². The number of para-hydroxylation sites is 1. The minimum Gasteiger partial charge on any atom is -0.464 e. The second-order valence-corrected chi connectivity index (χ2v) is 3.81. The molecule has 0 bridgehead atoms. The van der Waals surface area contributed by atoms with Crippen molar-refractivity contribution in [1.82, 2.24) is 0 Å². The highest BCUT2D eigenvalue weighted by molar-refractivity contribution is 5.66. The zero-order valence-corrected chi connectivity index (χ0v) is 9.67. The molecule has 0 fully saturated rings. The van der Waals surface area contributed by atoms with Gasteiger partial charge in [0, 0.05) is 0 Å². The Labute approximate surface area is 105 Å². The van der Waals surface area contributed by atoms with Crippen LogP contribution < -0.4 is 4.74 Å². The summed E-state index contributed by atoms with van der Waals surface area (Å²) in [6, 6.07) is 22.0. The standard InChI is InChI=1S/C16H11O2/c1-2-7-13(8-3-1)18-16-10-5-4-9-14(16)15-11-6-12-17-15/h1-3,5-12H. The van der Waals surface area contributed by atoms with Crippen LogP contribution in [0.2, 0.25) is 0 Å². The van der Waals surface area contributed by atoms with Gasteiger partial charge in [-0.25, -0.2) is 0 Å². The smallest absolute Gasteiger partial charge is 0.138 e. The van der Waals surface area contributed by atoms with Gasteiger partial charge in [-0.15, -0.1) is 0 Å². The Morgan fingerprint density at radius 1 is 0.944 bits per heavy atom. The predicted molar refractivity (Wildman–Crippen MR) is 69.5 cm³/mol. The summed E-state index contributed by atoms with van der Waals surface area (Å²) in [6.07, 6.45) is 1.65. The first-order valence-electron chi connectivity index (χ1n) is 5.70. The molecule has 1 heterocycles. The number of furan rings is 1. The second kappa shape index (κ2) is 4.80. The maximum absolute atomic E-state index is 5.85. The fourth-order valence-corrected chi connectivity index (χ4v) is 1.75. The summed E-state index contributed by atoms with van der Waals surface area (Å²) < 4.78 is 11.3. The van der Waals surface area contributed by atoms with E-state index >= 15 is 0 Å². The van der Waals surface area contributed by atoms with Crippen LogP contribution in [0.1, 0.15) is 0 Å². The number of hydrogen-bond acceptors (Lipinski definition) is 2. The van der Waals surface area contributed by atoms with Crippen molar-refractivity contribution in [1.29, 1.82) is 0 Å². The Morgan fingerprint density at radius 2 is 1.83 bits per heavy atom. The first kappa shape index (κ1) is 10.7. The molecule has 1 radical (unpaired) electrons. The van der Waals surface area contributed by atoms with Crippen molar-refractivity contribution in [2.24, 2.45) is 0 Å². The van der Waals surface area contributed by atoms with Crippen LogP contribution >= 0.6 is 0 Å². The quantitative estimate of drug-likeness (QED) is 0.665. The molecule has 0 unspecified atom stereocenters. The molecule has 1 aromatic heterocycles. The lowest BCUT2D eigenvalue weighted by Gasteiger charge is -2.09. The monoisotopic (exact) mass is 235 g/mol. The van der Waals surface area contributed by atoms with Crippen molar-refractivity contribution in [3.8, 4) is 22.8 Å². The lowest BCUT2D eigenvalue weighted by molar-refractivity contribution is 0.481. The Kier molecular flexibility index (Phi) is 2.84. The SMILES string of the molecule is [c]1ccc(Oc2ccccc2)c(-c2ccco2)c1. The van der Waals surface area contributed by atoms with Crippen molar-refractivity contribution in [2.45, 2.75) is 0 Å². The fourth-order valence-electron chi connectivity index (χ4n) is 1.75. The van der Waals surface area contributed by atoms with Gasteiger partial charge >= 0.3 is 0 Å². The van der Waals surface area contributed by atoms with E-state index in [1.54, 1.807) is 6.26 Å². The summed E-state index contributed by atoms with van der Waals surface area (Å²) in [7, 11) is 0. The zero-order chi connectivity index (χ0) is 12.2. The Balaban J connectivity index is 1.98. The highest BCUT2D eigenvalue weighted by Crippen LogP contribution is 2.32. The summed E-state index contributed by atoms with van der Waals surface area (Å²) in [5, 5.41) is 0. The van der Waals surface area contributed by atoms with E-state index in [0.29, 0.717) is 0 Å². The third-order valence-electron chi connectivity index (χ3n) is 2.58. The second-order valence-electron chi connectivity index (χ2n) is 3.81. The van der Waals surface area contributed by atoms with E-state index in [4.69, 9.17) is 9.15 Å². The molecule has 0 atom stereocenters. The highest BCUT2D eigenvalue weighted by atomic mass is 16.5. The maximum atomic E-state index is 5.85. The molecule has 0 saturated carbocycles. The molecular formula is C16H11O2. The molecule has 3 rings (SSSR count). The van der Waals surface area contributed by atoms with Gasteiger partial charge in [0.15, 0.2) is 0 Å². The van der Waals surface area contributed by atoms with Crippen LogP contribution in [0.5, 0.6) is 11.5 Å². The van der Waals surface area contributed by atoms with Gasteiger partial charge in [0.2, 0.25) is 0 Å². The Morgan fingerprint density at radius 3 is 2.61 bits per heavy atom. The van der Waals surface area contributed by atoms with Crippen molar-refractivity contribution < 1.29 is 9.15 Å². The van der Waals surface area contributed by atoms with E-state index in [9.17, 15) is 0 Å². The normalized spacial score (nSPS) is 10.2. The Hall–Kier alpha value is -2.48. The molecule has 0 aliphatic rings. The van der Waals surface area contributed by atoms with E-state index < -0.39 is 0 Å². The minimum absolute atomic E-state index is 0.759. The van der Waals surface area contributed by atoms with E-state index in [0.717, 1.165) is 22.8 Å². The molecule has 0 saturated heterocycles.